The van der Waals surface area contributed by atoms with Gasteiger partial charge in [0.1, 0.15) is 0 Å². The first-order valence-corrected chi connectivity index (χ1v) is 9.52. The molecule has 0 radical (unpaired) electrons. The maximum Gasteiger partial charge on any atom is 0.313 e. The Kier molecular flexibility index (Phi) is 6.64. The number of rotatable bonds is 7. The summed E-state index contributed by atoms with van der Waals surface area (Å²) in [7, 11) is 3.02. The SMILES string of the molecule is COC(=O)C(CC(=O)Nc1ccc(C(=O)c2nccn2C)cc1)c1ccc(Cl)cc1. The van der Waals surface area contributed by atoms with Crippen molar-refractivity contribution in [1.29, 1.82) is 0 Å². The van der Waals surface area contributed by atoms with Crippen molar-refractivity contribution in [2.45, 2.75) is 12.3 Å². The standard InChI is InChI=1S/C22H20ClN3O4/c1-26-12-11-24-21(26)20(28)15-5-9-17(10-6-15)25-19(27)13-18(22(29)30-2)14-3-7-16(23)8-4-14/h3-12,18H,13H2,1-2H3,(H,25,27). The van der Waals surface area contributed by atoms with Crippen molar-refractivity contribution in [3.05, 3.63) is 82.9 Å². The van der Waals surface area contributed by atoms with E-state index in [1.54, 1.807) is 72.5 Å². The zero-order valence-electron chi connectivity index (χ0n) is 16.5. The first kappa shape index (κ1) is 21.3. The topological polar surface area (TPSA) is 90.3 Å². The number of carbonyl (C=O) groups is 3. The quantitative estimate of drug-likeness (QED) is 0.461. The molecule has 0 saturated heterocycles. The van der Waals surface area contributed by atoms with Gasteiger partial charge in [-0.15, -0.1) is 0 Å². The van der Waals surface area contributed by atoms with Crippen LogP contribution in [0.25, 0.3) is 0 Å². The van der Waals surface area contributed by atoms with Gasteiger partial charge in [0.2, 0.25) is 11.7 Å². The molecule has 30 heavy (non-hydrogen) atoms. The minimum Gasteiger partial charge on any atom is -0.469 e. The van der Waals surface area contributed by atoms with Crippen LogP contribution in [0.3, 0.4) is 0 Å². The molecule has 0 saturated carbocycles. The summed E-state index contributed by atoms with van der Waals surface area (Å²) in [5.41, 5.74) is 1.60. The Labute approximate surface area is 178 Å². The lowest BCUT2D eigenvalue weighted by molar-refractivity contribution is -0.143. The lowest BCUT2D eigenvalue weighted by atomic mass is 9.95. The van der Waals surface area contributed by atoms with Crippen molar-refractivity contribution in [2.75, 3.05) is 12.4 Å². The van der Waals surface area contributed by atoms with Gasteiger partial charge in [-0.2, -0.15) is 0 Å². The molecule has 0 bridgehead atoms. The molecule has 8 heteroatoms. The average Bonchev–Trinajstić information content (AvgIpc) is 3.18. The summed E-state index contributed by atoms with van der Waals surface area (Å²) in [6.07, 6.45) is 3.16. The zero-order valence-corrected chi connectivity index (χ0v) is 17.2. The highest BCUT2D eigenvalue weighted by molar-refractivity contribution is 6.30. The Balaban J connectivity index is 1.68. The number of nitrogens with one attached hydrogen (secondary N) is 1. The van der Waals surface area contributed by atoms with Crippen molar-refractivity contribution in [3.63, 3.8) is 0 Å². The molecule has 1 atom stereocenters. The number of esters is 1. The van der Waals surface area contributed by atoms with Crippen molar-refractivity contribution < 1.29 is 19.1 Å². The van der Waals surface area contributed by atoms with Crippen LogP contribution >= 0.6 is 11.6 Å². The van der Waals surface area contributed by atoms with E-state index in [9.17, 15) is 14.4 Å². The van der Waals surface area contributed by atoms with Gasteiger partial charge in [0.25, 0.3) is 0 Å². The number of amides is 1. The molecule has 3 rings (SSSR count). The van der Waals surface area contributed by atoms with Crippen molar-refractivity contribution >= 4 is 34.9 Å². The van der Waals surface area contributed by atoms with Gasteiger partial charge < -0.3 is 14.6 Å². The third kappa shape index (κ3) is 4.93. The average molecular weight is 426 g/mol. The Morgan fingerprint density at radius 1 is 1.10 bits per heavy atom. The number of aryl methyl sites for hydroxylation is 1. The van der Waals surface area contributed by atoms with E-state index in [-0.39, 0.29) is 18.1 Å². The molecule has 0 spiro atoms. The lowest BCUT2D eigenvalue weighted by Crippen LogP contribution is -2.22. The molecule has 0 aliphatic rings. The Bertz CT molecular complexity index is 1060. The molecule has 7 nitrogen and oxygen atoms in total. The number of methoxy groups -OCH3 is 1. The third-order valence-electron chi connectivity index (χ3n) is 4.60. The third-order valence-corrected chi connectivity index (χ3v) is 4.85. The number of hydrogen-bond donors (Lipinski definition) is 1. The fourth-order valence-corrected chi connectivity index (χ4v) is 3.12. The number of carbonyl (C=O) groups excluding carboxylic acids is 3. The summed E-state index contributed by atoms with van der Waals surface area (Å²) in [5, 5.41) is 3.27. The summed E-state index contributed by atoms with van der Waals surface area (Å²) >= 11 is 5.89. The van der Waals surface area contributed by atoms with E-state index in [0.29, 0.717) is 27.7 Å². The molecule has 1 N–H and O–H groups in total. The molecule has 0 aliphatic heterocycles. The smallest absolute Gasteiger partial charge is 0.313 e. The number of nitrogens with zero attached hydrogens (tertiary/aromatic N) is 2. The van der Waals surface area contributed by atoms with E-state index in [1.165, 1.54) is 7.11 Å². The highest BCUT2D eigenvalue weighted by Gasteiger charge is 2.25. The van der Waals surface area contributed by atoms with Crippen LogP contribution in [0.4, 0.5) is 5.69 Å². The van der Waals surface area contributed by atoms with E-state index in [0.717, 1.165) is 0 Å². The van der Waals surface area contributed by atoms with E-state index >= 15 is 0 Å². The van der Waals surface area contributed by atoms with Gasteiger partial charge in [-0.05, 0) is 42.0 Å². The molecule has 0 fully saturated rings. The van der Waals surface area contributed by atoms with Crippen LogP contribution < -0.4 is 5.32 Å². The Hall–Kier alpha value is -3.45. The second kappa shape index (κ2) is 9.37. The van der Waals surface area contributed by atoms with Gasteiger partial charge in [0.15, 0.2) is 5.82 Å². The zero-order chi connectivity index (χ0) is 21.7. The number of ether oxygens (including phenoxy) is 1. The van der Waals surface area contributed by atoms with E-state index < -0.39 is 11.9 Å². The molecular formula is C22H20ClN3O4. The molecule has 154 valence electrons. The van der Waals surface area contributed by atoms with Crippen LogP contribution in [0.5, 0.6) is 0 Å². The van der Waals surface area contributed by atoms with Crippen molar-refractivity contribution in [2.24, 2.45) is 7.05 Å². The van der Waals surface area contributed by atoms with E-state index in [4.69, 9.17) is 16.3 Å². The molecule has 0 aliphatic carbocycles. The fourth-order valence-electron chi connectivity index (χ4n) is 2.99. The number of ketones is 1. The van der Waals surface area contributed by atoms with Crippen molar-refractivity contribution in [1.82, 2.24) is 9.55 Å². The van der Waals surface area contributed by atoms with Crippen LogP contribution in [0.15, 0.2) is 60.9 Å². The van der Waals surface area contributed by atoms with Crippen LogP contribution in [0.2, 0.25) is 5.02 Å². The summed E-state index contributed by atoms with van der Waals surface area (Å²) in [6, 6.07) is 13.2. The van der Waals surface area contributed by atoms with Crippen LogP contribution in [-0.2, 0) is 21.4 Å². The molecule has 1 heterocycles. The monoisotopic (exact) mass is 425 g/mol. The molecule has 1 aromatic heterocycles. The molecule has 1 unspecified atom stereocenters. The maximum absolute atomic E-state index is 12.5. The molecular weight excluding hydrogens is 406 g/mol. The molecule has 1 amide bonds. The van der Waals surface area contributed by atoms with Gasteiger partial charge in [0, 0.05) is 42.1 Å². The highest BCUT2D eigenvalue weighted by atomic mass is 35.5. The first-order chi connectivity index (χ1) is 14.4. The Morgan fingerprint density at radius 2 is 1.77 bits per heavy atom. The summed E-state index contributed by atoms with van der Waals surface area (Å²) < 4.78 is 6.48. The van der Waals surface area contributed by atoms with Crippen LogP contribution in [0.1, 0.15) is 34.1 Å². The molecule has 3 aromatic rings. The van der Waals surface area contributed by atoms with Crippen molar-refractivity contribution in [3.8, 4) is 0 Å². The summed E-state index contributed by atoms with van der Waals surface area (Å²) in [6.45, 7) is 0. The van der Waals surface area contributed by atoms with E-state index in [2.05, 4.69) is 10.3 Å². The van der Waals surface area contributed by atoms with Gasteiger partial charge >= 0.3 is 5.97 Å². The number of halogens is 1. The van der Waals surface area contributed by atoms with Crippen LogP contribution in [-0.4, -0.2) is 34.3 Å². The van der Waals surface area contributed by atoms with Gasteiger partial charge in [-0.3, -0.25) is 14.4 Å². The predicted molar refractivity (Wildman–Crippen MR) is 113 cm³/mol. The Morgan fingerprint density at radius 3 is 2.33 bits per heavy atom. The largest absolute Gasteiger partial charge is 0.469 e. The minimum atomic E-state index is -0.753. The minimum absolute atomic E-state index is 0.0950. The second-order valence-corrected chi connectivity index (χ2v) is 7.08. The highest BCUT2D eigenvalue weighted by Crippen LogP contribution is 2.24. The number of benzene rings is 2. The normalized spacial score (nSPS) is 11.6. The number of aromatic nitrogens is 2. The van der Waals surface area contributed by atoms with Gasteiger partial charge in [-0.1, -0.05) is 23.7 Å². The number of hydrogen-bond acceptors (Lipinski definition) is 5. The summed E-state index contributed by atoms with van der Waals surface area (Å²) in [4.78, 5) is 41.2. The van der Waals surface area contributed by atoms with E-state index in [1.807, 2.05) is 0 Å². The fraction of sp³-hybridized carbons (Fsp3) is 0.182. The number of anilines is 1. The predicted octanol–water partition coefficient (Wildman–Crippen LogP) is 3.59. The first-order valence-electron chi connectivity index (χ1n) is 9.14. The molecule has 2 aromatic carbocycles. The lowest BCUT2D eigenvalue weighted by Gasteiger charge is -2.15. The van der Waals surface area contributed by atoms with Gasteiger partial charge in [-0.25, -0.2) is 4.98 Å². The van der Waals surface area contributed by atoms with Crippen LogP contribution in [0, 0.1) is 0 Å². The summed E-state index contributed by atoms with van der Waals surface area (Å²) in [5.74, 6) is -1.51. The second-order valence-electron chi connectivity index (χ2n) is 6.65. The van der Waals surface area contributed by atoms with Gasteiger partial charge in [0.05, 0.1) is 13.0 Å². The maximum atomic E-state index is 12.5. The number of imidazole rings is 1.